The van der Waals surface area contributed by atoms with Gasteiger partial charge in [-0.2, -0.15) is 0 Å². The van der Waals surface area contributed by atoms with Gasteiger partial charge in [0, 0.05) is 12.8 Å². The number of hydrogen-bond acceptors (Lipinski definition) is 7. The van der Waals surface area contributed by atoms with Crippen molar-refractivity contribution in [2.75, 3.05) is 40.9 Å². The van der Waals surface area contributed by atoms with Crippen LogP contribution >= 0.6 is 7.82 Å². The first-order valence-corrected chi connectivity index (χ1v) is 32.4. The lowest BCUT2D eigenvalue weighted by Crippen LogP contribution is -2.47. The number of hydrogen-bond donors (Lipinski definition) is 1. The molecular formula is C65H117N2O7P. The molecule has 0 radical (unpaired) electrons. The van der Waals surface area contributed by atoms with Gasteiger partial charge in [0.15, 0.2) is 0 Å². The van der Waals surface area contributed by atoms with Crippen LogP contribution in [0.2, 0.25) is 0 Å². The predicted octanol–water partition coefficient (Wildman–Crippen LogP) is 18.4. The lowest BCUT2D eigenvalue weighted by atomic mass is 10.0. The number of nitrogens with one attached hydrogen (secondary N) is 1. The van der Waals surface area contributed by atoms with E-state index in [-0.39, 0.29) is 24.9 Å². The molecule has 0 aliphatic carbocycles. The second-order valence-corrected chi connectivity index (χ2v) is 23.2. The molecule has 0 spiro atoms. The third kappa shape index (κ3) is 55.7. The summed E-state index contributed by atoms with van der Waals surface area (Å²) in [6.07, 6.45) is 71.1. The van der Waals surface area contributed by atoms with Gasteiger partial charge < -0.3 is 28.5 Å². The number of rotatable bonds is 55. The molecule has 0 rings (SSSR count). The Balaban J connectivity index is 5.31. The van der Waals surface area contributed by atoms with Crippen LogP contribution in [0.15, 0.2) is 85.1 Å². The molecule has 75 heavy (non-hydrogen) atoms. The first-order valence-electron chi connectivity index (χ1n) is 30.9. The molecule has 434 valence electrons. The number of amides is 1. The fraction of sp³-hybridized carbons (Fsp3) is 0.754. The Morgan fingerprint density at radius 1 is 0.480 bits per heavy atom. The highest BCUT2D eigenvalue weighted by Gasteiger charge is 2.27. The number of likely N-dealkylation sites (N-methyl/N-ethyl adjacent to an activating group) is 1. The molecule has 0 saturated heterocycles. The number of esters is 1. The summed E-state index contributed by atoms with van der Waals surface area (Å²) in [4.78, 5) is 40.0. The third-order valence-corrected chi connectivity index (χ3v) is 14.3. The molecule has 0 saturated carbocycles. The molecule has 0 aromatic heterocycles. The van der Waals surface area contributed by atoms with Crippen molar-refractivity contribution in [3.8, 4) is 0 Å². The van der Waals surface area contributed by atoms with Gasteiger partial charge in [0.25, 0.3) is 7.82 Å². The molecule has 0 aliphatic heterocycles. The Morgan fingerprint density at radius 2 is 0.853 bits per heavy atom. The van der Waals surface area contributed by atoms with Crippen LogP contribution in [0.3, 0.4) is 0 Å². The van der Waals surface area contributed by atoms with E-state index in [1.165, 1.54) is 103 Å². The molecule has 10 heteroatoms. The largest absolute Gasteiger partial charge is 0.756 e. The van der Waals surface area contributed by atoms with Gasteiger partial charge in [0.05, 0.1) is 33.8 Å². The highest BCUT2D eigenvalue weighted by Crippen LogP contribution is 2.38. The quantitative estimate of drug-likeness (QED) is 0.0212. The zero-order valence-electron chi connectivity index (χ0n) is 49.5. The van der Waals surface area contributed by atoms with Crippen LogP contribution in [0, 0.1) is 0 Å². The van der Waals surface area contributed by atoms with Crippen LogP contribution < -0.4 is 10.2 Å². The first kappa shape index (κ1) is 72.2. The van der Waals surface area contributed by atoms with Gasteiger partial charge in [-0.1, -0.05) is 235 Å². The average Bonchev–Trinajstić information content (AvgIpc) is 3.37. The molecule has 0 fully saturated rings. The van der Waals surface area contributed by atoms with Gasteiger partial charge in [-0.25, -0.2) is 0 Å². The number of carbonyl (C=O) groups is 2. The second kappa shape index (κ2) is 54.5. The van der Waals surface area contributed by atoms with Gasteiger partial charge in [0.1, 0.15) is 19.3 Å². The number of carbonyl (C=O) groups excluding carboxylic acids is 2. The van der Waals surface area contributed by atoms with E-state index in [2.05, 4.69) is 99.0 Å². The standard InChI is InChI=1S/C65H117N2O7P/c1-7-10-13-16-19-22-25-28-30-32-33-34-35-36-38-40-43-46-49-52-55-58-65(69)74-63(56-53-50-47-44-41-27-24-21-18-15-12-9-3)62(61-73-75(70,71)72-60-59-67(4,5)6)66-64(68)57-54-51-48-45-42-39-37-31-29-26-23-20-17-14-11-8-2/h10,13,19,22,28,30-31,33-34,36-38,53,56,62-63H,7-9,11-12,14-18,20-21,23-27,29,32,35,39-52,54-55,57-61H2,1-6H3,(H-,66,68,70,71)/b13-10-,22-19-,30-28-,34-33-,37-31+,38-36-,56-53+. The van der Waals surface area contributed by atoms with Crippen molar-refractivity contribution < 1.29 is 37.3 Å². The number of nitrogens with zero attached hydrogens (tertiary/aromatic N) is 1. The summed E-state index contributed by atoms with van der Waals surface area (Å²) >= 11 is 0. The molecule has 9 nitrogen and oxygen atoms in total. The monoisotopic (exact) mass is 1070 g/mol. The maximum absolute atomic E-state index is 13.5. The van der Waals surface area contributed by atoms with Gasteiger partial charge in [-0.05, 0) is 102 Å². The minimum absolute atomic E-state index is 0.0304. The highest BCUT2D eigenvalue weighted by atomic mass is 31.2. The zero-order valence-corrected chi connectivity index (χ0v) is 50.4. The molecule has 0 heterocycles. The van der Waals surface area contributed by atoms with Crippen molar-refractivity contribution in [2.24, 2.45) is 0 Å². The van der Waals surface area contributed by atoms with Crippen molar-refractivity contribution in [1.29, 1.82) is 0 Å². The summed E-state index contributed by atoms with van der Waals surface area (Å²) in [7, 11) is 1.16. The van der Waals surface area contributed by atoms with E-state index in [4.69, 9.17) is 13.8 Å². The minimum Gasteiger partial charge on any atom is -0.756 e. The number of unbranched alkanes of at least 4 members (excludes halogenated alkanes) is 27. The Morgan fingerprint density at radius 3 is 1.29 bits per heavy atom. The molecule has 0 bridgehead atoms. The van der Waals surface area contributed by atoms with Crippen molar-refractivity contribution in [3.05, 3.63) is 85.1 Å². The van der Waals surface area contributed by atoms with Gasteiger partial charge >= 0.3 is 5.97 Å². The Bertz CT molecular complexity index is 1560. The Hall–Kier alpha value is -2.81. The molecule has 1 N–H and O–H groups in total. The van der Waals surface area contributed by atoms with Crippen molar-refractivity contribution in [3.63, 3.8) is 0 Å². The SMILES string of the molecule is CC/C=C\C/C=C\C/C=C\C/C=C\C/C=C\CCCCCCCC(=O)OC(/C=C/CCCCCCCCCCCC)C(COP(=O)([O-])OCC[N+](C)(C)C)NC(=O)CCCCCCC/C=C/CCCCCCCCC. The lowest BCUT2D eigenvalue weighted by Gasteiger charge is -2.30. The summed E-state index contributed by atoms with van der Waals surface area (Å²) in [5.41, 5.74) is 0. The second-order valence-electron chi connectivity index (χ2n) is 21.8. The van der Waals surface area contributed by atoms with Crippen LogP contribution in [0.1, 0.15) is 265 Å². The van der Waals surface area contributed by atoms with E-state index in [0.717, 1.165) is 122 Å². The summed E-state index contributed by atoms with van der Waals surface area (Å²) in [6, 6.07) is -0.904. The lowest BCUT2D eigenvalue weighted by molar-refractivity contribution is -0.870. The fourth-order valence-electron chi connectivity index (χ4n) is 8.54. The third-order valence-electron chi connectivity index (χ3n) is 13.3. The molecule has 0 aliphatic rings. The van der Waals surface area contributed by atoms with E-state index in [1.807, 2.05) is 33.3 Å². The fourth-order valence-corrected chi connectivity index (χ4v) is 9.27. The van der Waals surface area contributed by atoms with Crippen LogP contribution in [-0.4, -0.2) is 69.4 Å². The van der Waals surface area contributed by atoms with Crippen molar-refractivity contribution >= 4 is 19.7 Å². The number of quaternary nitrogens is 1. The normalized spacial score (nSPS) is 14.3. The van der Waals surface area contributed by atoms with Crippen molar-refractivity contribution in [2.45, 2.75) is 277 Å². The molecule has 0 aromatic carbocycles. The summed E-state index contributed by atoms with van der Waals surface area (Å²) < 4.78 is 30.3. The summed E-state index contributed by atoms with van der Waals surface area (Å²) in [5.74, 6) is -0.573. The number of phosphoric acid groups is 1. The first-order chi connectivity index (χ1) is 36.4. The number of allylic oxidation sites excluding steroid dienone is 13. The maximum atomic E-state index is 13.5. The van der Waals surface area contributed by atoms with Gasteiger partial charge in [0.2, 0.25) is 5.91 Å². The van der Waals surface area contributed by atoms with Crippen LogP contribution in [0.4, 0.5) is 0 Å². The molecule has 1 amide bonds. The molecular weight excluding hydrogens is 952 g/mol. The minimum atomic E-state index is -4.71. The van der Waals surface area contributed by atoms with Crippen molar-refractivity contribution in [1.82, 2.24) is 5.32 Å². The van der Waals surface area contributed by atoms with E-state index >= 15 is 0 Å². The van der Waals surface area contributed by atoms with E-state index in [1.54, 1.807) is 0 Å². The topological polar surface area (TPSA) is 114 Å². The molecule has 0 aromatic rings. The Labute approximate surface area is 463 Å². The molecule has 3 unspecified atom stereocenters. The predicted molar refractivity (Wildman–Crippen MR) is 321 cm³/mol. The highest BCUT2D eigenvalue weighted by molar-refractivity contribution is 7.45. The van der Waals surface area contributed by atoms with Gasteiger partial charge in [-0.3, -0.25) is 14.2 Å². The van der Waals surface area contributed by atoms with Gasteiger partial charge in [-0.15, -0.1) is 0 Å². The van der Waals surface area contributed by atoms with E-state index in [0.29, 0.717) is 23.9 Å². The van der Waals surface area contributed by atoms with Crippen LogP contribution in [0.5, 0.6) is 0 Å². The number of ether oxygens (including phenoxy) is 1. The summed E-state index contributed by atoms with van der Waals surface area (Å²) in [5, 5.41) is 3.02. The Kier molecular flexibility index (Phi) is 52.5. The number of phosphoric ester groups is 1. The van der Waals surface area contributed by atoms with Crippen LogP contribution in [0.25, 0.3) is 0 Å². The van der Waals surface area contributed by atoms with Crippen LogP contribution in [-0.2, 0) is 27.9 Å². The summed E-state index contributed by atoms with van der Waals surface area (Å²) in [6.45, 7) is 6.71. The zero-order chi connectivity index (χ0) is 55.0. The molecule has 3 atom stereocenters. The smallest absolute Gasteiger partial charge is 0.306 e. The average molecular weight is 1070 g/mol. The maximum Gasteiger partial charge on any atom is 0.306 e. The van der Waals surface area contributed by atoms with E-state index in [9.17, 15) is 19.0 Å². The van der Waals surface area contributed by atoms with E-state index < -0.39 is 26.6 Å².